The van der Waals surface area contributed by atoms with Crippen LogP contribution in [0.3, 0.4) is 0 Å². The summed E-state index contributed by atoms with van der Waals surface area (Å²) in [6.45, 7) is 1.94. The van der Waals surface area contributed by atoms with Gasteiger partial charge in [-0.05, 0) is 19.4 Å². The molecule has 0 unspecified atom stereocenters. The van der Waals surface area contributed by atoms with Crippen LogP contribution in [-0.2, 0) is 24.7 Å². The summed E-state index contributed by atoms with van der Waals surface area (Å²) in [6.07, 6.45) is 0. The van der Waals surface area contributed by atoms with Crippen molar-refractivity contribution in [1.82, 2.24) is 10.2 Å². The summed E-state index contributed by atoms with van der Waals surface area (Å²) in [4.78, 5) is 47.6. The van der Waals surface area contributed by atoms with E-state index in [9.17, 15) is 19.2 Å². The molecule has 1 aliphatic rings. The van der Waals surface area contributed by atoms with Gasteiger partial charge >= 0.3 is 12.0 Å². The van der Waals surface area contributed by atoms with E-state index in [-0.39, 0.29) is 12.4 Å². The molecular weight excluding hydrogens is 288 g/mol. The summed E-state index contributed by atoms with van der Waals surface area (Å²) >= 11 is 0. The van der Waals surface area contributed by atoms with Crippen LogP contribution in [0.2, 0.25) is 0 Å². The standard InChI is InChI=1S/C15H16N2O5/c1-10(18)9-22-12(19)8-17-13(20)15(2,16-14(17)21)11-6-4-3-5-7-11/h3-7H,8-9H2,1-2H3,(H,16,21)/t15-/m0/s1. The maximum atomic E-state index is 12.5. The molecule has 116 valence electrons. The topological polar surface area (TPSA) is 92.8 Å². The number of nitrogens with zero attached hydrogens (tertiary/aromatic N) is 1. The molecule has 0 saturated carbocycles. The van der Waals surface area contributed by atoms with Crippen LogP contribution >= 0.6 is 0 Å². The highest BCUT2D eigenvalue weighted by Crippen LogP contribution is 2.28. The van der Waals surface area contributed by atoms with Crippen LogP contribution < -0.4 is 5.32 Å². The van der Waals surface area contributed by atoms with Crippen LogP contribution in [0.15, 0.2) is 30.3 Å². The minimum atomic E-state index is -1.22. The van der Waals surface area contributed by atoms with Gasteiger partial charge in [-0.1, -0.05) is 30.3 Å². The first-order valence-electron chi connectivity index (χ1n) is 6.69. The van der Waals surface area contributed by atoms with Gasteiger partial charge in [0.05, 0.1) is 0 Å². The van der Waals surface area contributed by atoms with Crippen LogP contribution in [0.1, 0.15) is 19.4 Å². The number of ketones is 1. The zero-order chi connectivity index (χ0) is 16.3. The molecule has 22 heavy (non-hydrogen) atoms. The fourth-order valence-corrected chi connectivity index (χ4v) is 2.16. The second kappa shape index (κ2) is 5.97. The highest BCUT2D eigenvalue weighted by atomic mass is 16.5. The van der Waals surface area contributed by atoms with Gasteiger partial charge in [-0.2, -0.15) is 0 Å². The van der Waals surface area contributed by atoms with Gasteiger partial charge in [0.2, 0.25) is 0 Å². The highest BCUT2D eigenvalue weighted by Gasteiger charge is 2.49. The molecule has 1 aromatic carbocycles. The molecule has 7 heteroatoms. The molecule has 1 aromatic rings. The van der Waals surface area contributed by atoms with Crippen LogP contribution in [0.4, 0.5) is 4.79 Å². The molecule has 1 atom stereocenters. The van der Waals surface area contributed by atoms with Crippen molar-refractivity contribution in [1.29, 1.82) is 0 Å². The Kier molecular flexibility index (Phi) is 4.25. The Morgan fingerprint density at radius 3 is 2.45 bits per heavy atom. The number of amides is 3. The molecule has 1 fully saturated rings. The average Bonchev–Trinajstić information content (AvgIpc) is 2.70. The van der Waals surface area contributed by atoms with Crippen molar-refractivity contribution in [2.45, 2.75) is 19.4 Å². The SMILES string of the molecule is CC(=O)COC(=O)CN1C(=O)N[C@@](C)(c2ccccc2)C1=O. The van der Waals surface area contributed by atoms with Crippen molar-refractivity contribution in [2.75, 3.05) is 13.2 Å². The Labute approximate surface area is 127 Å². The van der Waals surface area contributed by atoms with Gasteiger partial charge in [-0.15, -0.1) is 0 Å². The third-order valence-corrected chi connectivity index (χ3v) is 3.35. The summed E-state index contributed by atoms with van der Waals surface area (Å²) in [7, 11) is 0. The molecule has 0 aliphatic carbocycles. The van der Waals surface area contributed by atoms with E-state index >= 15 is 0 Å². The van der Waals surface area contributed by atoms with Crippen molar-refractivity contribution in [3.05, 3.63) is 35.9 Å². The van der Waals surface area contributed by atoms with E-state index in [0.717, 1.165) is 4.90 Å². The van der Waals surface area contributed by atoms with E-state index in [4.69, 9.17) is 0 Å². The first-order chi connectivity index (χ1) is 10.3. The van der Waals surface area contributed by atoms with Gasteiger partial charge in [0, 0.05) is 0 Å². The number of hydrogen-bond donors (Lipinski definition) is 1. The maximum absolute atomic E-state index is 12.5. The van der Waals surface area contributed by atoms with Gasteiger partial charge in [-0.3, -0.25) is 19.3 Å². The molecule has 0 bridgehead atoms. The summed E-state index contributed by atoms with van der Waals surface area (Å²) < 4.78 is 4.67. The van der Waals surface area contributed by atoms with Crippen molar-refractivity contribution < 1.29 is 23.9 Å². The van der Waals surface area contributed by atoms with E-state index in [1.54, 1.807) is 37.3 Å². The fraction of sp³-hybridized carbons (Fsp3) is 0.333. The number of esters is 1. The largest absolute Gasteiger partial charge is 0.456 e. The second-order valence-corrected chi connectivity index (χ2v) is 5.18. The number of benzene rings is 1. The summed E-state index contributed by atoms with van der Waals surface area (Å²) in [6, 6.07) is 8.07. The minimum Gasteiger partial charge on any atom is -0.456 e. The average molecular weight is 304 g/mol. The van der Waals surface area contributed by atoms with E-state index in [0.29, 0.717) is 5.56 Å². The number of ether oxygens (including phenoxy) is 1. The first kappa shape index (κ1) is 15.7. The number of hydrogen-bond acceptors (Lipinski definition) is 5. The Balaban J connectivity index is 2.12. The Bertz CT molecular complexity index is 628. The van der Waals surface area contributed by atoms with Gasteiger partial charge in [0.1, 0.15) is 18.7 Å². The summed E-state index contributed by atoms with van der Waals surface area (Å²) in [5, 5.41) is 2.58. The van der Waals surface area contributed by atoms with Crippen molar-refractivity contribution in [2.24, 2.45) is 0 Å². The Morgan fingerprint density at radius 2 is 1.86 bits per heavy atom. The molecule has 0 radical (unpaired) electrons. The molecule has 0 spiro atoms. The number of carbonyl (C=O) groups is 4. The van der Waals surface area contributed by atoms with E-state index in [1.807, 2.05) is 0 Å². The smallest absolute Gasteiger partial charge is 0.326 e. The van der Waals surface area contributed by atoms with Crippen LogP contribution in [0, 0.1) is 0 Å². The third kappa shape index (κ3) is 2.98. The van der Waals surface area contributed by atoms with Crippen LogP contribution in [0.25, 0.3) is 0 Å². The number of nitrogens with one attached hydrogen (secondary N) is 1. The predicted octanol–water partition coefficient (Wildman–Crippen LogP) is 0.586. The minimum absolute atomic E-state index is 0.320. The normalized spacial score (nSPS) is 20.7. The van der Waals surface area contributed by atoms with Crippen LogP contribution in [-0.4, -0.2) is 41.7 Å². The zero-order valence-electron chi connectivity index (χ0n) is 12.3. The Hall–Kier alpha value is -2.70. The zero-order valence-corrected chi connectivity index (χ0v) is 12.3. The van der Waals surface area contributed by atoms with E-state index in [2.05, 4.69) is 10.1 Å². The lowest BCUT2D eigenvalue weighted by molar-refractivity contribution is -0.150. The molecule has 1 heterocycles. The molecule has 1 N–H and O–H groups in total. The summed E-state index contributed by atoms with van der Waals surface area (Å²) in [5.74, 6) is -1.67. The van der Waals surface area contributed by atoms with Crippen molar-refractivity contribution in [3.63, 3.8) is 0 Å². The highest BCUT2D eigenvalue weighted by molar-refractivity contribution is 6.08. The molecule has 3 amide bonds. The number of carbonyl (C=O) groups excluding carboxylic acids is 4. The maximum Gasteiger partial charge on any atom is 0.326 e. The number of urea groups is 1. The molecule has 0 aromatic heterocycles. The molecule has 2 rings (SSSR count). The predicted molar refractivity (Wildman–Crippen MR) is 75.7 cm³/mol. The fourth-order valence-electron chi connectivity index (χ4n) is 2.16. The number of imide groups is 1. The Morgan fingerprint density at radius 1 is 1.23 bits per heavy atom. The monoisotopic (exact) mass is 304 g/mol. The lowest BCUT2D eigenvalue weighted by Gasteiger charge is -2.21. The van der Waals surface area contributed by atoms with E-state index < -0.39 is 30.0 Å². The van der Waals surface area contributed by atoms with Gasteiger partial charge in [-0.25, -0.2) is 4.79 Å². The third-order valence-electron chi connectivity index (χ3n) is 3.35. The summed E-state index contributed by atoms with van der Waals surface area (Å²) in [5.41, 5.74) is -0.605. The lowest BCUT2D eigenvalue weighted by Crippen LogP contribution is -2.41. The first-order valence-corrected chi connectivity index (χ1v) is 6.69. The second-order valence-electron chi connectivity index (χ2n) is 5.18. The van der Waals surface area contributed by atoms with Crippen molar-refractivity contribution >= 4 is 23.7 Å². The quantitative estimate of drug-likeness (QED) is 0.634. The molecule has 7 nitrogen and oxygen atoms in total. The van der Waals surface area contributed by atoms with Crippen molar-refractivity contribution in [3.8, 4) is 0 Å². The van der Waals surface area contributed by atoms with Gasteiger partial charge in [0.25, 0.3) is 5.91 Å². The lowest BCUT2D eigenvalue weighted by atomic mass is 9.92. The van der Waals surface area contributed by atoms with Gasteiger partial charge in [0.15, 0.2) is 5.78 Å². The molecular formula is C15H16N2O5. The number of rotatable bonds is 5. The van der Waals surface area contributed by atoms with E-state index in [1.165, 1.54) is 6.92 Å². The van der Waals surface area contributed by atoms with Gasteiger partial charge < -0.3 is 10.1 Å². The molecule has 1 saturated heterocycles. The molecule has 1 aliphatic heterocycles. The number of Topliss-reactive ketones (excluding diaryl/α,β-unsaturated/α-hetero) is 1. The van der Waals surface area contributed by atoms with Crippen LogP contribution in [0.5, 0.6) is 0 Å².